The van der Waals surface area contributed by atoms with Gasteiger partial charge in [-0.2, -0.15) is 4.98 Å². The van der Waals surface area contributed by atoms with E-state index in [2.05, 4.69) is 25.7 Å². The molecule has 2 aromatic heterocycles. The van der Waals surface area contributed by atoms with E-state index in [1.165, 1.54) is 7.11 Å². The molecule has 19 heavy (non-hydrogen) atoms. The largest absolute Gasteiger partial charge is 0.466 e. The molecule has 102 valence electrons. The fraction of sp³-hybridized carbons (Fsp3) is 0.455. The summed E-state index contributed by atoms with van der Waals surface area (Å²) in [5.41, 5.74) is 0.957. The number of nitrogens with zero attached hydrogens (tertiary/aromatic N) is 3. The zero-order valence-electron chi connectivity index (χ0n) is 11.1. The summed E-state index contributed by atoms with van der Waals surface area (Å²) in [6.45, 7) is 5.56. The topological polar surface area (TPSA) is 106 Å². The van der Waals surface area contributed by atoms with Crippen molar-refractivity contribution in [3.8, 4) is 6.01 Å². The molecular weight excluding hydrogens is 250 g/mol. The maximum atomic E-state index is 12.2. The van der Waals surface area contributed by atoms with Gasteiger partial charge in [-0.3, -0.25) is 10.1 Å². The third-order valence-corrected chi connectivity index (χ3v) is 2.52. The number of aromatic amines is 1. The standard InChI is InChI=1S/C11H15N5O3/c1-5(2)8-7(6(3)16-19-8)9(17)12-10-13-11(18-4)15-14-10/h5H,1-4H3,(H2,12,13,14,15,17). The van der Waals surface area contributed by atoms with Crippen LogP contribution in [0, 0.1) is 6.92 Å². The average molecular weight is 265 g/mol. The number of carbonyl (C=O) groups excluding carboxylic acids is 1. The van der Waals surface area contributed by atoms with E-state index < -0.39 is 0 Å². The number of carbonyl (C=O) groups is 1. The molecule has 2 aromatic rings. The molecule has 0 bridgehead atoms. The van der Waals surface area contributed by atoms with E-state index in [1.54, 1.807) is 6.92 Å². The second-order valence-electron chi connectivity index (χ2n) is 4.29. The summed E-state index contributed by atoms with van der Waals surface area (Å²) in [5.74, 6) is 0.464. The molecule has 0 unspecified atom stereocenters. The van der Waals surface area contributed by atoms with Crippen LogP contribution in [-0.4, -0.2) is 33.4 Å². The minimum absolute atomic E-state index is 0.0613. The summed E-state index contributed by atoms with van der Waals surface area (Å²) < 4.78 is 9.98. The van der Waals surface area contributed by atoms with Gasteiger partial charge in [0, 0.05) is 5.92 Å². The summed E-state index contributed by atoms with van der Waals surface area (Å²) in [4.78, 5) is 16.1. The van der Waals surface area contributed by atoms with E-state index in [0.29, 0.717) is 17.0 Å². The summed E-state index contributed by atoms with van der Waals surface area (Å²) >= 11 is 0. The molecule has 8 nitrogen and oxygen atoms in total. The van der Waals surface area contributed by atoms with Crippen molar-refractivity contribution in [3.63, 3.8) is 0 Å². The third kappa shape index (κ3) is 2.56. The highest BCUT2D eigenvalue weighted by Crippen LogP contribution is 2.22. The predicted octanol–water partition coefficient (Wildman–Crippen LogP) is 1.49. The lowest BCUT2D eigenvalue weighted by Crippen LogP contribution is -2.15. The van der Waals surface area contributed by atoms with Crippen LogP contribution in [0.5, 0.6) is 6.01 Å². The Bertz CT molecular complexity index is 587. The Kier molecular flexibility index (Phi) is 3.50. The number of hydrogen-bond donors (Lipinski definition) is 2. The Morgan fingerprint density at radius 3 is 2.79 bits per heavy atom. The Morgan fingerprint density at radius 1 is 1.47 bits per heavy atom. The minimum Gasteiger partial charge on any atom is -0.466 e. The molecule has 0 saturated heterocycles. The molecule has 8 heteroatoms. The van der Waals surface area contributed by atoms with Crippen molar-refractivity contribution in [2.24, 2.45) is 0 Å². The number of aryl methyl sites for hydroxylation is 1. The molecule has 0 spiro atoms. The normalized spacial score (nSPS) is 10.8. The molecule has 0 atom stereocenters. The second-order valence-corrected chi connectivity index (χ2v) is 4.29. The number of hydrogen-bond acceptors (Lipinski definition) is 6. The van der Waals surface area contributed by atoms with E-state index in [-0.39, 0.29) is 23.8 Å². The van der Waals surface area contributed by atoms with Gasteiger partial charge in [-0.05, 0) is 6.92 Å². The van der Waals surface area contributed by atoms with Crippen LogP contribution >= 0.6 is 0 Å². The van der Waals surface area contributed by atoms with E-state index in [9.17, 15) is 4.79 Å². The number of rotatable bonds is 4. The number of amides is 1. The lowest BCUT2D eigenvalue weighted by molar-refractivity contribution is 0.102. The van der Waals surface area contributed by atoms with Crippen LogP contribution in [-0.2, 0) is 0 Å². The van der Waals surface area contributed by atoms with Gasteiger partial charge >= 0.3 is 6.01 Å². The quantitative estimate of drug-likeness (QED) is 0.867. The van der Waals surface area contributed by atoms with Gasteiger partial charge in [-0.1, -0.05) is 19.0 Å². The molecule has 0 radical (unpaired) electrons. The van der Waals surface area contributed by atoms with Crippen LogP contribution in [0.25, 0.3) is 0 Å². The fourth-order valence-corrected chi connectivity index (χ4v) is 1.62. The second kappa shape index (κ2) is 5.09. The van der Waals surface area contributed by atoms with Crippen molar-refractivity contribution in [2.45, 2.75) is 26.7 Å². The first-order chi connectivity index (χ1) is 9.02. The highest BCUT2D eigenvalue weighted by molar-refractivity contribution is 6.04. The smallest absolute Gasteiger partial charge is 0.336 e. The number of methoxy groups -OCH3 is 1. The van der Waals surface area contributed by atoms with Crippen LogP contribution in [0.4, 0.5) is 5.95 Å². The van der Waals surface area contributed by atoms with Crippen molar-refractivity contribution in [3.05, 3.63) is 17.0 Å². The maximum Gasteiger partial charge on any atom is 0.336 e. The van der Waals surface area contributed by atoms with Gasteiger partial charge in [-0.25, -0.2) is 5.10 Å². The van der Waals surface area contributed by atoms with E-state index in [1.807, 2.05) is 13.8 Å². The Hall–Kier alpha value is -2.38. The fourth-order valence-electron chi connectivity index (χ4n) is 1.62. The Morgan fingerprint density at radius 2 is 2.21 bits per heavy atom. The first-order valence-electron chi connectivity index (χ1n) is 5.76. The molecule has 1 amide bonds. The molecule has 0 aliphatic carbocycles. The Labute approximate surface area is 109 Å². The van der Waals surface area contributed by atoms with Gasteiger partial charge in [0.1, 0.15) is 5.56 Å². The van der Waals surface area contributed by atoms with Crippen molar-refractivity contribution in [1.82, 2.24) is 20.3 Å². The summed E-state index contributed by atoms with van der Waals surface area (Å²) in [6, 6.07) is 0.154. The molecule has 2 rings (SSSR count). The lowest BCUT2D eigenvalue weighted by atomic mass is 10.0. The maximum absolute atomic E-state index is 12.2. The number of aromatic nitrogens is 4. The zero-order valence-corrected chi connectivity index (χ0v) is 11.1. The van der Waals surface area contributed by atoms with E-state index >= 15 is 0 Å². The van der Waals surface area contributed by atoms with Gasteiger partial charge < -0.3 is 9.26 Å². The minimum atomic E-state index is -0.346. The van der Waals surface area contributed by atoms with Gasteiger partial charge in [0.2, 0.25) is 5.95 Å². The third-order valence-electron chi connectivity index (χ3n) is 2.52. The number of nitrogens with one attached hydrogen (secondary N) is 2. The zero-order chi connectivity index (χ0) is 14.0. The van der Waals surface area contributed by atoms with Crippen molar-refractivity contribution < 1.29 is 14.1 Å². The molecule has 0 aromatic carbocycles. The predicted molar refractivity (Wildman–Crippen MR) is 66.2 cm³/mol. The van der Waals surface area contributed by atoms with Crippen molar-refractivity contribution in [2.75, 3.05) is 12.4 Å². The Balaban J connectivity index is 2.22. The molecule has 0 saturated carbocycles. The summed E-state index contributed by atoms with van der Waals surface area (Å²) in [6.07, 6.45) is 0. The van der Waals surface area contributed by atoms with Gasteiger partial charge in [0.15, 0.2) is 5.76 Å². The van der Waals surface area contributed by atoms with Crippen LogP contribution in [0.3, 0.4) is 0 Å². The van der Waals surface area contributed by atoms with Crippen molar-refractivity contribution in [1.29, 1.82) is 0 Å². The van der Waals surface area contributed by atoms with Crippen LogP contribution in [0.15, 0.2) is 4.52 Å². The number of H-pyrrole nitrogens is 1. The molecule has 2 N–H and O–H groups in total. The first-order valence-corrected chi connectivity index (χ1v) is 5.76. The average Bonchev–Trinajstić information content (AvgIpc) is 2.95. The van der Waals surface area contributed by atoms with E-state index in [4.69, 9.17) is 9.26 Å². The molecule has 0 aliphatic rings. The summed E-state index contributed by atoms with van der Waals surface area (Å²) in [7, 11) is 1.44. The van der Waals surface area contributed by atoms with Crippen LogP contribution in [0.1, 0.15) is 41.6 Å². The molecular formula is C11H15N5O3. The first kappa shape index (κ1) is 13.1. The van der Waals surface area contributed by atoms with E-state index in [0.717, 1.165) is 0 Å². The highest BCUT2D eigenvalue weighted by atomic mass is 16.5. The molecule has 0 aliphatic heterocycles. The van der Waals surface area contributed by atoms with Gasteiger partial charge in [0.05, 0.1) is 12.8 Å². The molecule has 0 fully saturated rings. The van der Waals surface area contributed by atoms with Crippen LogP contribution in [0.2, 0.25) is 0 Å². The number of ether oxygens (including phenoxy) is 1. The lowest BCUT2D eigenvalue weighted by Gasteiger charge is -2.04. The number of anilines is 1. The van der Waals surface area contributed by atoms with Crippen molar-refractivity contribution >= 4 is 11.9 Å². The molecule has 2 heterocycles. The van der Waals surface area contributed by atoms with Gasteiger partial charge in [0.25, 0.3) is 5.91 Å². The monoisotopic (exact) mass is 265 g/mol. The summed E-state index contributed by atoms with van der Waals surface area (Å²) in [5, 5.41) is 12.7. The van der Waals surface area contributed by atoms with Gasteiger partial charge in [-0.15, -0.1) is 5.10 Å². The SMILES string of the molecule is COc1n[nH]c(NC(=O)c2c(C)noc2C(C)C)n1. The highest BCUT2D eigenvalue weighted by Gasteiger charge is 2.23. The van der Waals surface area contributed by atoms with Crippen LogP contribution < -0.4 is 10.1 Å².